The first-order valence-electron chi connectivity index (χ1n) is 13.2. The molecule has 1 N–H and O–H groups in total. The van der Waals surface area contributed by atoms with E-state index in [0.29, 0.717) is 11.5 Å². The van der Waals surface area contributed by atoms with Crippen molar-refractivity contribution in [3.63, 3.8) is 0 Å². The van der Waals surface area contributed by atoms with Gasteiger partial charge < -0.3 is 19.0 Å². The smallest absolute Gasteiger partial charge is 0.253 e. The number of ether oxygens (including phenoxy) is 1. The van der Waals surface area contributed by atoms with Gasteiger partial charge in [-0.25, -0.2) is 0 Å². The number of pyridine rings is 2. The van der Waals surface area contributed by atoms with E-state index in [9.17, 15) is 9.90 Å². The summed E-state index contributed by atoms with van der Waals surface area (Å²) in [5.41, 5.74) is 6.10. The molecule has 5 aromatic rings. The van der Waals surface area contributed by atoms with Crippen LogP contribution in [0.1, 0.15) is 48.7 Å². The zero-order valence-corrected chi connectivity index (χ0v) is 23.1. The summed E-state index contributed by atoms with van der Waals surface area (Å²) in [6, 6.07) is 17.1. The van der Waals surface area contributed by atoms with Gasteiger partial charge >= 0.3 is 0 Å². The fourth-order valence-electron chi connectivity index (χ4n) is 5.78. The molecule has 1 aromatic carbocycles. The largest absolute Gasteiger partial charge is 0.385 e. The summed E-state index contributed by atoms with van der Waals surface area (Å²) in [7, 11) is 1.79. The molecule has 38 heavy (non-hydrogen) atoms. The minimum Gasteiger partial charge on any atom is -0.385 e. The van der Waals surface area contributed by atoms with E-state index in [-0.39, 0.29) is 11.6 Å². The lowest BCUT2D eigenvalue weighted by Crippen LogP contribution is -2.26. The molecule has 0 aliphatic carbocycles. The highest BCUT2D eigenvalue weighted by Crippen LogP contribution is 2.45. The number of aromatic nitrogens is 3. The molecule has 1 fully saturated rings. The van der Waals surface area contributed by atoms with Crippen LogP contribution in [0.4, 0.5) is 0 Å². The summed E-state index contributed by atoms with van der Waals surface area (Å²) in [4.78, 5) is 18.3. The summed E-state index contributed by atoms with van der Waals surface area (Å²) in [6.45, 7) is 7.05. The van der Waals surface area contributed by atoms with Crippen molar-refractivity contribution in [3.8, 4) is 11.1 Å². The summed E-state index contributed by atoms with van der Waals surface area (Å²) in [5, 5.41) is 10.9. The molecule has 0 radical (unpaired) electrons. The van der Waals surface area contributed by atoms with Gasteiger partial charge in [-0.1, -0.05) is 30.3 Å². The average molecular weight is 528 g/mol. The predicted molar refractivity (Wildman–Crippen MR) is 154 cm³/mol. The Morgan fingerprint density at radius 1 is 1.08 bits per heavy atom. The number of hydrogen-bond acceptors (Lipinski definition) is 5. The van der Waals surface area contributed by atoms with Crippen LogP contribution >= 0.6 is 11.3 Å². The van der Waals surface area contributed by atoms with Crippen LogP contribution in [0.25, 0.3) is 32.4 Å². The first-order valence-corrected chi connectivity index (χ1v) is 14.0. The second-order valence-electron chi connectivity index (χ2n) is 11.0. The molecule has 6 nitrogen and oxygen atoms in total. The van der Waals surface area contributed by atoms with Crippen LogP contribution in [0.5, 0.6) is 0 Å². The Bertz CT molecular complexity index is 1660. The molecule has 196 valence electrons. The SMILES string of the molecule is Cc1cc(-c2cnc3c4sc(C(C)(C)O)cc4n(C(c4ccccc4)C4CCOCC4)c3c2)cn(C)c1=O. The molecule has 1 aliphatic heterocycles. The molecular formula is C31H33N3O3S. The van der Waals surface area contributed by atoms with Gasteiger partial charge in [0.05, 0.1) is 27.4 Å². The highest BCUT2D eigenvalue weighted by atomic mass is 32.1. The highest BCUT2D eigenvalue weighted by Gasteiger charge is 2.32. The summed E-state index contributed by atoms with van der Waals surface area (Å²) in [5.74, 6) is 0.402. The number of rotatable bonds is 5. The van der Waals surface area contributed by atoms with Crippen molar-refractivity contribution < 1.29 is 9.84 Å². The number of fused-ring (bicyclic) bond motifs is 3. The molecular weight excluding hydrogens is 494 g/mol. The monoisotopic (exact) mass is 527 g/mol. The van der Waals surface area contributed by atoms with E-state index in [4.69, 9.17) is 9.72 Å². The molecule has 4 aromatic heterocycles. The van der Waals surface area contributed by atoms with Crippen molar-refractivity contribution in [2.45, 2.75) is 45.3 Å². The first-order chi connectivity index (χ1) is 18.2. The van der Waals surface area contributed by atoms with Crippen molar-refractivity contribution in [2.24, 2.45) is 13.0 Å². The Kier molecular flexibility index (Phi) is 6.25. The van der Waals surface area contributed by atoms with E-state index in [1.165, 1.54) is 5.56 Å². The Hall–Kier alpha value is -3.26. The molecule has 1 unspecified atom stereocenters. The topological polar surface area (TPSA) is 69.3 Å². The molecule has 7 heteroatoms. The van der Waals surface area contributed by atoms with Gasteiger partial charge in [0.2, 0.25) is 0 Å². The lowest BCUT2D eigenvalue weighted by Gasteiger charge is -2.33. The van der Waals surface area contributed by atoms with Crippen LogP contribution in [0.2, 0.25) is 0 Å². The Morgan fingerprint density at radius 3 is 2.50 bits per heavy atom. The van der Waals surface area contributed by atoms with E-state index >= 15 is 0 Å². The number of aryl methyl sites for hydroxylation is 2. The Balaban J connectivity index is 1.65. The fraction of sp³-hybridized carbons (Fsp3) is 0.355. The molecule has 0 amide bonds. The molecule has 6 rings (SSSR count). The maximum Gasteiger partial charge on any atom is 0.253 e. The third kappa shape index (κ3) is 4.28. The second kappa shape index (κ2) is 9.49. The Labute approximate surface area is 226 Å². The average Bonchev–Trinajstić information content (AvgIpc) is 3.47. The van der Waals surface area contributed by atoms with Gasteiger partial charge in [-0.15, -0.1) is 11.3 Å². The van der Waals surface area contributed by atoms with E-state index in [1.807, 2.05) is 39.2 Å². The molecule has 1 saturated heterocycles. The number of thiophene rings is 1. The van der Waals surface area contributed by atoms with E-state index < -0.39 is 5.60 Å². The Morgan fingerprint density at radius 2 is 1.82 bits per heavy atom. The van der Waals surface area contributed by atoms with Crippen molar-refractivity contribution in [1.82, 2.24) is 14.1 Å². The van der Waals surface area contributed by atoms with Gasteiger partial charge in [-0.3, -0.25) is 9.78 Å². The van der Waals surface area contributed by atoms with Crippen LogP contribution in [-0.2, 0) is 17.4 Å². The zero-order valence-electron chi connectivity index (χ0n) is 22.3. The van der Waals surface area contributed by atoms with Crippen LogP contribution < -0.4 is 5.56 Å². The van der Waals surface area contributed by atoms with Gasteiger partial charge in [-0.05, 0) is 63.3 Å². The lowest BCUT2D eigenvalue weighted by atomic mass is 9.86. The van der Waals surface area contributed by atoms with Gasteiger partial charge in [0, 0.05) is 54.2 Å². The highest BCUT2D eigenvalue weighted by molar-refractivity contribution is 7.20. The summed E-state index contributed by atoms with van der Waals surface area (Å²) < 4.78 is 10.9. The second-order valence-corrected chi connectivity index (χ2v) is 12.0. The van der Waals surface area contributed by atoms with Gasteiger partial charge in [-0.2, -0.15) is 0 Å². The van der Waals surface area contributed by atoms with Crippen LogP contribution in [-0.4, -0.2) is 32.4 Å². The summed E-state index contributed by atoms with van der Waals surface area (Å²) in [6.07, 6.45) is 5.75. The van der Waals surface area contributed by atoms with Crippen molar-refractivity contribution in [1.29, 1.82) is 0 Å². The maximum atomic E-state index is 12.3. The zero-order chi connectivity index (χ0) is 26.6. The third-order valence-electron chi connectivity index (χ3n) is 7.74. The van der Waals surface area contributed by atoms with Gasteiger partial charge in [0.15, 0.2) is 0 Å². The van der Waals surface area contributed by atoms with Gasteiger partial charge in [0.25, 0.3) is 5.56 Å². The summed E-state index contributed by atoms with van der Waals surface area (Å²) >= 11 is 1.62. The van der Waals surface area contributed by atoms with Crippen molar-refractivity contribution in [2.75, 3.05) is 13.2 Å². The number of aliphatic hydroxyl groups is 1. The molecule has 5 heterocycles. The number of nitrogens with zero attached hydrogens (tertiary/aromatic N) is 3. The number of hydrogen-bond donors (Lipinski definition) is 1. The first kappa shape index (κ1) is 25.0. The van der Waals surface area contributed by atoms with E-state index in [0.717, 1.165) is 63.3 Å². The predicted octanol–water partition coefficient (Wildman–Crippen LogP) is 6.17. The lowest BCUT2D eigenvalue weighted by molar-refractivity contribution is 0.0552. The maximum absolute atomic E-state index is 12.3. The van der Waals surface area contributed by atoms with Crippen molar-refractivity contribution in [3.05, 3.63) is 87.3 Å². The normalized spacial score (nSPS) is 15.9. The van der Waals surface area contributed by atoms with Crippen LogP contribution in [0, 0.1) is 12.8 Å². The molecule has 0 saturated carbocycles. The molecule has 0 spiro atoms. The number of benzene rings is 1. The quantitative estimate of drug-likeness (QED) is 0.297. The van der Waals surface area contributed by atoms with Crippen molar-refractivity contribution >= 4 is 32.6 Å². The van der Waals surface area contributed by atoms with E-state index in [2.05, 4.69) is 47.0 Å². The van der Waals surface area contributed by atoms with E-state index in [1.54, 1.807) is 23.0 Å². The molecule has 1 aliphatic rings. The third-order valence-corrected chi connectivity index (χ3v) is 9.19. The minimum atomic E-state index is -0.936. The molecule has 0 bridgehead atoms. The molecule has 1 atom stereocenters. The standard InChI is InChI=1S/C31H33N3O3S/c1-19-14-23(18-33(4)30(19)35)22-15-24-27(32-17-22)29-25(16-26(38-29)31(2,3)36)34(24)28(20-8-6-5-7-9-20)21-10-12-37-13-11-21/h5-9,14-18,21,28,36H,10-13H2,1-4H3. The van der Waals surface area contributed by atoms with Gasteiger partial charge in [0.1, 0.15) is 5.52 Å². The fourth-order valence-corrected chi connectivity index (χ4v) is 6.94. The van der Waals surface area contributed by atoms with Crippen LogP contribution in [0.15, 0.2) is 65.7 Å². The minimum absolute atomic E-state index is 0.00878. The van der Waals surface area contributed by atoms with Crippen LogP contribution in [0.3, 0.4) is 0 Å².